The van der Waals surface area contributed by atoms with Crippen LogP contribution >= 0.6 is 45.8 Å². The van der Waals surface area contributed by atoms with Crippen LogP contribution in [0, 0.1) is 11.6 Å². The van der Waals surface area contributed by atoms with E-state index in [1.54, 1.807) is 0 Å². The number of benzene rings is 2. The minimum Gasteiger partial charge on any atom is -0.478 e. The number of nitrogens with one attached hydrogen (secondary N) is 2. The molecule has 0 amide bonds. The molecule has 51 heavy (non-hydrogen) atoms. The van der Waals surface area contributed by atoms with Gasteiger partial charge in [0.1, 0.15) is 23.0 Å². The molecule has 0 unspecified atom stereocenters. The number of alkyl halides is 7. The minimum absolute atomic E-state index is 0.0351. The smallest absolute Gasteiger partial charge is 0.431 e. The van der Waals surface area contributed by atoms with Gasteiger partial charge in [0.2, 0.25) is 0 Å². The number of aromatic amines is 2. The fourth-order valence-corrected chi connectivity index (χ4v) is 4.06. The summed E-state index contributed by atoms with van der Waals surface area (Å²) in [6.07, 6.45) is -9.95. The number of methoxy groups -OCH3 is 1. The maximum Gasteiger partial charge on any atom is 0.431 e. The van der Waals surface area contributed by atoms with Crippen LogP contribution in [0.5, 0.6) is 0 Å². The Morgan fingerprint density at radius 1 is 0.765 bits per heavy atom. The molecule has 2 aromatic carbocycles. The van der Waals surface area contributed by atoms with Gasteiger partial charge >= 0.3 is 35.7 Å². The number of hydrogen-bond acceptors (Lipinski definition) is 8. The molecular formula is C27H19Cl2F8IN4O9. The highest BCUT2D eigenvalue weighted by Gasteiger charge is 2.34. The number of carbonyl (C=O) groups is 2. The third-order valence-corrected chi connectivity index (χ3v) is 6.29. The third kappa shape index (κ3) is 10.7. The van der Waals surface area contributed by atoms with Gasteiger partial charge in [-0.1, -0.05) is 45.8 Å². The summed E-state index contributed by atoms with van der Waals surface area (Å²) in [5.41, 5.74) is -11.8. The predicted octanol–water partition coefficient (Wildman–Crippen LogP) is 4.82. The normalized spacial score (nSPS) is 11.1. The lowest BCUT2D eigenvalue weighted by Crippen LogP contribution is -2.36. The Morgan fingerprint density at radius 2 is 1.10 bits per heavy atom. The van der Waals surface area contributed by atoms with Crippen molar-refractivity contribution >= 4 is 57.7 Å². The number of H-pyrrole nitrogens is 2. The zero-order valence-corrected chi connectivity index (χ0v) is 28.6. The maximum absolute atomic E-state index is 14.0. The number of carbonyl (C=O) groups excluding carboxylic acids is 1. The van der Waals surface area contributed by atoms with E-state index in [1.807, 2.05) is 22.6 Å². The van der Waals surface area contributed by atoms with E-state index in [2.05, 4.69) is 4.74 Å². The molecule has 0 atom stereocenters. The predicted molar refractivity (Wildman–Crippen MR) is 172 cm³/mol. The Labute approximate surface area is 302 Å². The van der Waals surface area contributed by atoms with Gasteiger partial charge in [0.15, 0.2) is 0 Å². The quantitative estimate of drug-likeness (QED) is 0.0963. The van der Waals surface area contributed by atoms with Gasteiger partial charge in [0.05, 0.1) is 39.7 Å². The molecule has 2 aromatic heterocycles. The highest BCUT2D eigenvalue weighted by Crippen LogP contribution is 2.28. The van der Waals surface area contributed by atoms with Crippen LogP contribution in [0.1, 0.15) is 33.5 Å². The van der Waals surface area contributed by atoms with Gasteiger partial charge in [-0.05, 0) is 29.2 Å². The van der Waals surface area contributed by atoms with Crippen molar-refractivity contribution in [2.45, 2.75) is 12.4 Å². The van der Waals surface area contributed by atoms with Crippen LogP contribution < -0.4 is 22.5 Å². The zero-order chi connectivity index (χ0) is 40.5. The lowest BCUT2D eigenvalue weighted by Gasteiger charge is -2.11. The van der Waals surface area contributed by atoms with Gasteiger partial charge in [0, 0.05) is 20.6 Å². The Bertz CT molecular complexity index is 2130. The summed E-state index contributed by atoms with van der Waals surface area (Å²) < 4.78 is 114. The average Bonchev–Trinajstić information content (AvgIpc) is 3.02. The number of aliphatic hydroxyl groups excluding tert-OH is 1. The van der Waals surface area contributed by atoms with Gasteiger partial charge in [0.25, 0.3) is 11.1 Å². The van der Waals surface area contributed by atoms with Crippen molar-refractivity contribution in [3.8, 4) is 11.4 Å². The van der Waals surface area contributed by atoms with E-state index >= 15 is 0 Å². The van der Waals surface area contributed by atoms with Gasteiger partial charge in [-0.25, -0.2) is 37.1 Å². The van der Waals surface area contributed by atoms with Gasteiger partial charge in [-0.2, -0.15) is 26.3 Å². The van der Waals surface area contributed by atoms with Crippen molar-refractivity contribution in [2.75, 3.05) is 19.1 Å². The van der Waals surface area contributed by atoms with Crippen molar-refractivity contribution in [2.24, 2.45) is 0 Å². The number of carboxylic acid groups (broad SMARTS) is 1. The molecule has 4 aromatic rings. The van der Waals surface area contributed by atoms with E-state index in [1.165, 1.54) is 9.97 Å². The molecule has 0 spiro atoms. The zero-order valence-electron chi connectivity index (χ0n) is 26.0. The molecule has 2 heterocycles. The molecule has 278 valence electrons. The second-order valence-corrected chi connectivity index (χ2v) is 9.50. The van der Waals surface area contributed by atoms with Crippen LogP contribution in [0.3, 0.4) is 0 Å². The second-order valence-electron chi connectivity index (χ2n) is 8.68. The van der Waals surface area contributed by atoms with Crippen LogP contribution in [-0.2, 0) is 17.1 Å². The number of ether oxygens (including phenoxy) is 1. The Balaban J connectivity index is 0.000000463. The lowest BCUT2D eigenvalue weighted by molar-refractivity contribution is -0.142. The highest BCUT2D eigenvalue weighted by atomic mass is 127. The highest BCUT2D eigenvalue weighted by molar-refractivity contribution is 14.1. The molecule has 0 saturated carbocycles. The second kappa shape index (κ2) is 18.1. The third-order valence-electron chi connectivity index (χ3n) is 5.67. The first-order valence-corrected chi connectivity index (χ1v) is 14.8. The van der Waals surface area contributed by atoms with E-state index in [9.17, 15) is 63.9 Å². The van der Waals surface area contributed by atoms with E-state index < -0.39 is 91.8 Å². The van der Waals surface area contributed by atoms with Gasteiger partial charge in [-0.3, -0.25) is 9.59 Å². The van der Waals surface area contributed by atoms with Crippen molar-refractivity contribution in [3.05, 3.63) is 122 Å². The molecule has 4 rings (SSSR count). The first kappa shape index (κ1) is 42.6. The molecular weight excluding hydrogens is 874 g/mol. The molecule has 0 aliphatic rings. The number of aromatic carboxylic acids is 1. The monoisotopic (exact) mass is 893 g/mol. The fourth-order valence-electron chi connectivity index (χ4n) is 3.60. The van der Waals surface area contributed by atoms with Gasteiger partial charge < -0.3 is 24.9 Å². The number of halogens is 11. The SMILES string of the molecule is CO.COC(=O)c1cc(-n2c(=O)cc(C(F)(F)F)[nH]c2=O)c(F)cc1Cl.O=C(O)c1cc(-n2c(=O)cc(C(F)(F)F)[nH]c2=O)c(F)cc1Cl.[2H]CI. The Kier molecular flexibility index (Phi) is 15.1. The van der Waals surface area contributed by atoms with Crippen LogP contribution in [0.25, 0.3) is 11.4 Å². The first-order valence-electron chi connectivity index (χ1n) is 13.2. The molecule has 4 N–H and O–H groups in total. The number of aromatic nitrogens is 4. The average molecular weight is 894 g/mol. The fraction of sp³-hybridized carbons (Fsp3) is 0.185. The Morgan fingerprint density at radius 3 is 1.39 bits per heavy atom. The largest absolute Gasteiger partial charge is 0.478 e. The lowest BCUT2D eigenvalue weighted by atomic mass is 10.2. The Hall–Kier alpha value is -4.55. The molecule has 0 bridgehead atoms. The van der Waals surface area contributed by atoms with Crippen molar-refractivity contribution in [3.63, 3.8) is 0 Å². The van der Waals surface area contributed by atoms with Crippen molar-refractivity contribution in [1.82, 2.24) is 19.1 Å². The van der Waals surface area contributed by atoms with Crippen molar-refractivity contribution < 1.29 is 61.0 Å². The molecule has 13 nitrogen and oxygen atoms in total. The topological polar surface area (TPSA) is 194 Å². The molecule has 0 aliphatic heterocycles. The molecule has 0 aliphatic carbocycles. The summed E-state index contributed by atoms with van der Waals surface area (Å²) in [5.74, 6) is -5.02. The summed E-state index contributed by atoms with van der Waals surface area (Å²) in [4.78, 5) is 72.8. The van der Waals surface area contributed by atoms with E-state index in [0.29, 0.717) is 23.1 Å². The molecule has 0 saturated heterocycles. The van der Waals surface area contributed by atoms with E-state index in [4.69, 9.17) is 34.8 Å². The van der Waals surface area contributed by atoms with Gasteiger partial charge in [-0.15, -0.1) is 0 Å². The molecule has 0 fully saturated rings. The van der Waals surface area contributed by atoms with E-state index in [-0.39, 0.29) is 31.9 Å². The number of aliphatic hydroxyl groups is 1. The number of nitrogens with zero attached hydrogens (tertiary/aromatic N) is 2. The maximum atomic E-state index is 14.0. The molecule has 24 heteroatoms. The molecule has 0 radical (unpaired) electrons. The van der Waals surface area contributed by atoms with Crippen LogP contribution in [0.15, 0.2) is 55.6 Å². The van der Waals surface area contributed by atoms with E-state index in [0.717, 1.165) is 20.3 Å². The summed E-state index contributed by atoms with van der Waals surface area (Å²) in [6, 6.07) is 2.61. The van der Waals surface area contributed by atoms with Crippen LogP contribution in [0.2, 0.25) is 10.0 Å². The summed E-state index contributed by atoms with van der Waals surface area (Å²) >= 11 is 13.1. The minimum atomic E-state index is -4.98. The standard InChI is InChI=1S/C13H7ClF4N2O4.C12H5ClF4N2O4.CH3I.CH4O/c1-24-11(22)5-2-8(7(15)3-6(5)14)20-10(21)4-9(13(16,17)18)19-12(20)23;13-5-2-6(14)7(1-4(5)10(21)22)19-9(20)3-8(12(15,16)17)18-11(19)23;2*1-2/h2-4H,1H3,(H,19,23);1-3H,(H,18,23)(H,21,22);1H3;2H,1H3/i;;1D;. The summed E-state index contributed by atoms with van der Waals surface area (Å²) in [6.45, 7) is 0. The number of carboxylic acids is 1. The number of rotatable bonds is 4. The van der Waals surface area contributed by atoms with Crippen LogP contribution in [-0.4, -0.2) is 60.4 Å². The van der Waals surface area contributed by atoms with Crippen LogP contribution in [0.4, 0.5) is 35.1 Å². The number of hydrogen-bond donors (Lipinski definition) is 4. The first-order chi connectivity index (χ1) is 24.0. The summed E-state index contributed by atoms with van der Waals surface area (Å²) in [5, 5.41) is 15.0. The number of esters is 1. The summed E-state index contributed by atoms with van der Waals surface area (Å²) in [7, 11) is 2.01. The van der Waals surface area contributed by atoms with Crippen molar-refractivity contribution in [1.29, 1.82) is 0 Å².